The molecular weight excluding hydrogens is 266 g/mol. The molecule has 106 valence electrons. The number of nitrogens with zero attached hydrogens (tertiary/aromatic N) is 2. The van der Waals surface area contributed by atoms with Gasteiger partial charge in [0, 0.05) is 36.3 Å². The third-order valence-electron chi connectivity index (χ3n) is 3.50. The van der Waals surface area contributed by atoms with Gasteiger partial charge >= 0.3 is 0 Å². The van der Waals surface area contributed by atoms with E-state index in [4.69, 9.17) is 0 Å². The molecule has 0 saturated carbocycles. The average Bonchev–Trinajstić information content (AvgIpc) is 3.05. The highest BCUT2D eigenvalue weighted by molar-refractivity contribution is 6.01. The van der Waals surface area contributed by atoms with Gasteiger partial charge in [0.05, 0.1) is 17.8 Å². The first-order valence-electron chi connectivity index (χ1n) is 6.72. The standard InChI is InChI=1S/C16H15N3O2/c1-11-2-3-14(16(21)18-4-5-20)15(6-11)19-9-12-7-17-8-13(12)10-19/h2-3,5-9H,4,10H2,1H3,(H,18,21). The Morgan fingerprint density at radius 2 is 2.33 bits per heavy atom. The molecule has 0 aliphatic carbocycles. The second-order valence-electron chi connectivity index (χ2n) is 5.04. The van der Waals surface area contributed by atoms with E-state index in [1.54, 1.807) is 6.07 Å². The van der Waals surface area contributed by atoms with Crippen LogP contribution >= 0.6 is 0 Å². The molecular formula is C16H15N3O2. The van der Waals surface area contributed by atoms with E-state index in [0.717, 1.165) is 22.4 Å². The van der Waals surface area contributed by atoms with Crippen LogP contribution in [0.25, 0.3) is 0 Å². The van der Waals surface area contributed by atoms with Crippen LogP contribution in [-0.4, -0.2) is 31.5 Å². The Balaban J connectivity index is 1.94. The third kappa shape index (κ3) is 2.50. The van der Waals surface area contributed by atoms with Crippen molar-refractivity contribution in [3.63, 3.8) is 0 Å². The van der Waals surface area contributed by atoms with Crippen molar-refractivity contribution in [2.75, 3.05) is 18.0 Å². The molecule has 0 saturated heterocycles. The molecule has 3 rings (SSSR count). The number of rotatable bonds is 4. The van der Waals surface area contributed by atoms with Gasteiger partial charge in [0.15, 0.2) is 0 Å². The van der Waals surface area contributed by atoms with Gasteiger partial charge in [0.2, 0.25) is 0 Å². The number of fused-ring (bicyclic) bond motifs is 1. The predicted molar refractivity (Wildman–Crippen MR) is 81.6 cm³/mol. The summed E-state index contributed by atoms with van der Waals surface area (Å²) in [6, 6.07) is 5.66. The maximum atomic E-state index is 12.2. The Morgan fingerprint density at radius 3 is 3.10 bits per heavy atom. The molecule has 5 heteroatoms. The van der Waals surface area contributed by atoms with Crippen LogP contribution < -0.4 is 10.2 Å². The van der Waals surface area contributed by atoms with Gasteiger partial charge in [-0.25, -0.2) is 0 Å². The number of benzene rings is 1. The van der Waals surface area contributed by atoms with E-state index in [-0.39, 0.29) is 12.5 Å². The normalized spacial score (nSPS) is 15.6. The molecule has 0 aromatic heterocycles. The highest BCUT2D eigenvalue weighted by Gasteiger charge is 2.23. The molecule has 2 heterocycles. The van der Waals surface area contributed by atoms with Crippen molar-refractivity contribution in [1.29, 1.82) is 0 Å². The van der Waals surface area contributed by atoms with E-state index in [2.05, 4.69) is 10.3 Å². The van der Waals surface area contributed by atoms with E-state index < -0.39 is 0 Å². The number of aliphatic imine (C=N–C) groups is 1. The van der Waals surface area contributed by atoms with Crippen molar-refractivity contribution in [2.24, 2.45) is 4.99 Å². The number of hydrogen-bond donors (Lipinski definition) is 1. The fourth-order valence-electron chi connectivity index (χ4n) is 2.47. The van der Waals surface area contributed by atoms with Crippen LogP contribution in [0.3, 0.4) is 0 Å². The van der Waals surface area contributed by atoms with Crippen molar-refractivity contribution >= 4 is 24.1 Å². The highest BCUT2D eigenvalue weighted by atomic mass is 16.2. The molecule has 5 nitrogen and oxygen atoms in total. The minimum atomic E-state index is -0.241. The summed E-state index contributed by atoms with van der Waals surface area (Å²) in [7, 11) is 0. The van der Waals surface area contributed by atoms with Gasteiger partial charge in [-0.1, -0.05) is 6.07 Å². The largest absolute Gasteiger partial charge is 0.345 e. The molecule has 1 amide bonds. The van der Waals surface area contributed by atoms with Crippen LogP contribution in [0.1, 0.15) is 15.9 Å². The third-order valence-corrected chi connectivity index (χ3v) is 3.50. The summed E-state index contributed by atoms with van der Waals surface area (Å²) in [5.74, 6) is -0.241. The van der Waals surface area contributed by atoms with Gasteiger partial charge in [0.25, 0.3) is 5.91 Å². The molecule has 0 unspecified atom stereocenters. The highest BCUT2D eigenvalue weighted by Crippen LogP contribution is 2.31. The first-order valence-corrected chi connectivity index (χ1v) is 6.72. The zero-order valence-corrected chi connectivity index (χ0v) is 11.7. The van der Waals surface area contributed by atoms with Crippen LogP contribution in [0.4, 0.5) is 5.69 Å². The summed E-state index contributed by atoms with van der Waals surface area (Å²) in [6.07, 6.45) is 6.33. The monoisotopic (exact) mass is 281 g/mol. The predicted octanol–water partition coefficient (Wildman–Crippen LogP) is 1.60. The number of aryl methyl sites for hydroxylation is 1. The SMILES string of the molecule is Cc1ccc(C(=O)NCC=O)c(N2C=C3C=NC=C3C2)c1. The molecule has 0 bridgehead atoms. The van der Waals surface area contributed by atoms with E-state index in [1.165, 1.54) is 0 Å². The van der Waals surface area contributed by atoms with Crippen LogP contribution in [0.5, 0.6) is 0 Å². The Bertz CT molecular complexity index is 701. The van der Waals surface area contributed by atoms with E-state index >= 15 is 0 Å². The van der Waals surface area contributed by atoms with Gasteiger partial charge in [-0.15, -0.1) is 0 Å². The van der Waals surface area contributed by atoms with E-state index in [9.17, 15) is 9.59 Å². The molecule has 2 aliphatic rings. The van der Waals surface area contributed by atoms with Crippen molar-refractivity contribution in [2.45, 2.75) is 6.92 Å². The molecule has 1 N–H and O–H groups in total. The van der Waals surface area contributed by atoms with Gasteiger partial charge < -0.3 is 15.0 Å². The number of nitrogens with one attached hydrogen (secondary N) is 1. The van der Waals surface area contributed by atoms with Crippen LogP contribution in [0.2, 0.25) is 0 Å². The van der Waals surface area contributed by atoms with Crippen molar-refractivity contribution in [3.8, 4) is 0 Å². The van der Waals surface area contributed by atoms with E-state index in [0.29, 0.717) is 18.4 Å². The summed E-state index contributed by atoms with van der Waals surface area (Å²) < 4.78 is 0. The number of carbonyl (C=O) groups excluding carboxylic acids is 2. The minimum absolute atomic E-state index is 0.0189. The molecule has 0 fully saturated rings. The van der Waals surface area contributed by atoms with Gasteiger partial charge in [0.1, 0.15) is 6.29 Å². The summed E-state index contributed by atoms with van der Waals surface area (Å²) in [6.45, 7) is 2.71. The Hall–Kier alpha value is -2.69. The second kappa shape index (κ2) is 5.36. The molecule has 1 aromatic rings. The van der Waals surface area contributed by atoms with Crippen LogP contribution in [-0.2, 0) is 4.79 Å². The van der Waals surface area contributed by atoms with Crippen LogP contribution in [0.15, 0.2) is 46.7 Å². The van der Waals surface area contributed by atoms with E-state index in [1.807, 2.05) is 42.6 Å². The topological polar surface area (TPSA) is 61.8 Å². The molecule has 0 spiro atoms. The van der Waals surface area contributed by atoms with Crippen molar-refractivity contribution in [3.05, 3.63) is 52.9 Å². The van der Waals surface area contributed by atoms with Gasteiger partial charge in [-0.2, -0.15) is 0 Å². The molecule has 21 heavy (non-hydrogen) atoms. The summed E-state index contributed by atoms with van der Waals surface area (Å²) in [5, 5.41) is 2.59. The fraction of sp³-hybridized carbons (Fsp3) is 0.188. The number of hydrogen-bond acceptors (Lipinski definition) is 4. The van der Waals surface area contributed by atoms with Crippen molar-refractivity contribution < 1.29 is 9.59 Å². The number of aldehydes is 1. The Labute approximate surface area is 122 Å². The lowest BCUT2D eigenvalue weighted by Gasteiger charge is -2.20. The average molecular weight is 281 g/mol. The summed E-state index contributed by atoms with van der Waals surface area (Å²) >= 11 is 0. The lowest BCUT2D eigenvalue weighted by molar-refractivity contribution is -0.107. The first kappa shape index (κ1) is 13.3. The molecule has 0 atom stereocenters. The molecule has 1 aromatic carbocycles. The zero-order chi connectivity index (χ0) is 14.8. The number of amides is 1. The smallest absolute Gasteiger partial charge is 0.253 e. The van der Waals surface area contributed by atoms with Crippen LogP contribution in [0, 0.1) is 6.92 Å². The van der Waals surface area contributed by atoms with Gasteiger partial charge in [-0.05, 0) is 24.6 Å². The zero-order valence-electron chi connectivity index (χ0n) is 11.7. The number of anilines is 1. The molecule has 2 aliphatic heterocycles. The Kier molecular flexibility index (Phi) is 3.39. The second-order valence-corrected chi connectivity index (χ2v) is 5.04. The summed E-state index contributed by atoms with van der Waals surface area (Å²) in [5.41, 5.74) is 4.72. The minimum Gasteiger partial charge on any atom is -0.345 e. The lowest BCUT2D eigenvalue weighted by Crippen LogP contribution is -2.27. The Morgan fingerprint density at radius 1 is 1.48 bits per heavy atom. The quantitative estimate of drug-likeness (QED) is 0.853. The summed E-state index contributed by atoms with van der Waals surface area (Å²) in [4.78, 5) is 28.7. The fourth-order valence-corrected chi connectivity index (χ4v) is 2.47. The maximum Gasteiger partial charge on any atom is 0.253 e. The van der Waals surface area contributed by atoms with Crippen molar-refractivity contribution in [1.82, 2.24) is 5.32 Å². The maximum absolute atomic E-state index is 12.2. The number of carbonyl (C=O) groups is 2. The first-order chi connectivity index (χ1) is 10.2. The van der Waals surface area contributed by atoms with Gasteiger partial charge in [-0.3, -0.25) is 9.79 Å². The lowest BCUT2D eigenvalue weighted by atomic mass is 10.1. The molecule has 0 radical (unpaired) electrons.